The van der Waals surface area contributed by atoms with Crippen molar-refractivity contribution in [3.05, 3.63) is 0 Å². The number of guanidine groups is 1. The van der Waals surface area contributed by atoms with Crippen LogP contribution in [0.25, 0.3) is 0 Å². The summed E-state index contributed by atoms with van der Waals surface area (Å²) >= 11 is 0. The van der Waals surface area contributed by atoms with Gasteiger partial charge in [-0.05, 0) is 31.1 Å². The second kappa shape index (κ2) is 3.16. The molecule has 2 aliphatic rings. The molecule has 2 aliphatic carbocycles. The first kappa shape index (κ1) is 9.09. The summed E-state index contributed by atoms with van der Waals surface area (Å²) in [6, 6.07) is 0.484. The Morgan fingerprint density at radius 2 is 1.91 bits per heavy atom. The van der Waals surface area contributed by atoms with E-state index >= 15 is 0 Å². The second-order valence-corrected chi connectivity index (χ2v) is 3.36. The van der Waals surface area contributed by atoms with Gasteiger partial charge in [0.2, 0.25) is 0 Å². The van der Waals surface area contributed by atoms with Gasteiger partial charge in [0.25, 0.3) is 0 Å². The highest BCUT2D eigenvalue weighted by molar-refractivity contribution is 14.0. The molecule has 2 atom stereocenters. The monoisotopic (exact) mass is 267 g/mol. The van der Waals surface area contributed by atoms with E-state index in [1.165, 1.54) is 19.3 Å². The van der Waals surface area contributed by atoms with Gasteiger partial charge in [-0.3, -0.25) is 4.99 Å². The van der Waals surface area contributed by atoms with Gasteiger partial charge in [-0.2, -0.15) is 0 Å². The molecule has 0 aromatic carbocycles. The molecule has 0 aromatic heterocycles. The number of aliphatic imine (C=N–C) groups is 1. The molecule has 0 heterocycles. The van der Waals surface area contributed by atoms with Gasteiger partial charge in [0.1, 0.15) is 0 Å². The van der Waals surface area contributed by atoms with Crippen molar-refractivity contribution in [2.24, 2.45) is 28.3 Å². The molecular formula is C7H14IN3. The molecule has 3 nitrogen and oxygen atoms in total. The van der Waals surface area contributed by atoms with E-state index in [-0.39, 0.29) is 29.9 Å². The predicted molar refractivity (Wildman–Crippen MR) is 55.8 cm³/mol. The van der Waals surface area contributed by atoms with Crippen molar-refractivity contribution in [1.29, 1.82) is 0 Å². The van der Waals surface area contributed by atoms with E-state index in [0.717, 1.165) is 11.8 Å². The van der Waals surface area contributed by atoms with Crippen molar-refractivity contribution >= 4 is 29.9 Å². The zero-order valence-corrected chi connectivity index (χ0v) is 8.69. The topological polar surface area (TPSA) is 64.4 Å². The molecular weight excluding hydrogens is 253 g/mol. The highest BCUT2D eigenvalue weighted by Crippen LogP contribution is 2.51. The molecule has 2 rings (SSSR count). The summed E-state index contributed by atoms with van der Waals surface area (Å²) in [6.45, 7) is 0. The number of hydrogen-bond donors (Lipinski definition) is 2. The first-order valence-electron chi connectivity index (χ1n) is 3.86. The molecule has 4 heteroatoms. The van der Waals surface area contributed by atoms with E-state index in [9.17, 15) is 0 Å². The first-order chi connectivity index (χ1) is 4.77. The van der Waals surface area contributed by atoms with Crippen molar-refractivity contribution in [2.45, 2.75) is 25.3 Å². The Bertz CT molecular complexity index is 173. The summed E-state index contributed by atoms with van der Waals surface area (Å²) in [5.41, 5.74) is 10.5. The van der Waals surface area contributed by atoms with Gasteiger partial charge in [0.05, 0.1) is 6.04 Å². The third-order valence-corrected chi connectivity index (χ3v) is 2.35. The van der Waals surface area contributed by atoms with Gasteiger partial charge in [0.15, 0.2) is 5.96 Å². The van der Waals surface area contributed by atoms with Crippen LogP contribution in [0.4, 0.5) is 0 Å². The Balaban J connectivity index is 0.000000605. The molecule has 0 aromatic rings. The average Bonchev–Trinajstić information content (AvgIpc) is 2.49. The predicted octanol–water partition coefficient (Wildman–Crippen LogP) is 0.676. The van der Waals surface area contributed by atoms with Crippen molar-refractivity contribution in [1.82, 2.24) is 0 Å². The van der Waals surface area contributed by atoms with Crippen LogP contribution in [0, 0.1) is 11.8 Å². The van der Waals surface area contributed by atoms with Crippen molar-refractivity contribution in [2.75, 3.05) is 0 Å². The minimum absolute atomic E-state index is 0. The summed E-state index contributed by atoms with van der Waals surface area (Å²) < 4.78 is 0. The summed E-state index contributed by atoms with van der Waals surface area (Å²) in [4.78, 5) is 4.10. The molecule has 0 saturated heterocycles. The maximum absolute atomic E-state index is 5.24. The fourth-order valence-electron chi connectivity index (χ4n) is 1.57. The SMILES string of the molecule is I.NC(N)=NC1CC1C1CC1. The fourth-order valence-corrected chi connectivity index (χ4v) is 1.57. The second-order valence-electron chi connectivity index (χ2n) is 3.36. The zero-order chi connectivity index (χ0) is 7.14. The van der Waals surface area contributed by atoms with E-state index in [0.29, 0.717) is 6.04 Å². The van der Waals surface area contributed by atoms with Crippen LogP contribution in [-0.4, -0.2) is 12.0 Å². The third kappa shape index (κ3) is 2.21. The summed E-state index contributed by atoms with van der Waals surface area (Å²) in [6.07, 6.45) is 4.03. The first-order valence-corrected chi connectivity index (χ1v) is 3.86. The van der Waals surface area contributed by atoms with E-state index < -0.39 is 0 Å². The normalized spacial score (nSPS) is 33.8. The minimum Gasteiger partial charge on any atom is -0.370 e. The van der Waals surface area contributed by atoms with Gasteiger partial charge >= 0.3 is 0 Å². The highest BCUT2D eigenvalue weighted by Gasteiger charge is 2.47. The molecule has 0 amide bonds. The summed E-state index contributed by atoms with van der Waals surface area (Å²) in [5.74, 6) is 2.06. The van der Waals surface area contributed by atoms with Gasteiger partial charge in [-0.1, -0.05) is 0 Å². The molecule has 11 heavy (non-hydrogen) atoms. The minimum atomic E-state index is 0. The maximum Gasteiger partial charge on any atom is 0.186 e. The molecule has 64 valence electrons. The highest BCUT2D eigenvalue weighted by atomic mass is 127. The summed E-state index contributed by atoms with van der Waals surface area (Å²) in [5, 5.41) is 0. The lowest BCUT2D eigenvalue weighted by atomic mass is 10.3. The largest absolute Gasteiger partial charge is 0.370 e. The standard InChI is InChI=1S/C7H13N3.HI/c8-7(9)10-6-3-5(6)4-1-2-4;/h4-6H,1-3H2,(H4,8,9,10);1H. The lowest BCUT2D eigenvalue weighted by molar-refractivity contribution is 0.686. The molecule has 2 saturated carbocycles. The van der Waals surface area contributed by atoms with Crippen LogP contribution in [0.3, 0.4) is 0 Å². The van der Waals surface area contributed by atoms with E-state index in [1.807, 2.05) is 0 Å². The Morgan fingerprint density at radius 3 is 2.36 bits per heavy atom. The Labute approximate surface area is 83.6 Å². The van der Waals surface area contributed by atoms with Crippen LogP contribution >= 0.6 is 24.0 Å². The van der Waals surface area contributed by atoms with Crippen LogP contribution in [0.1, 0.15) is 19.3 Å². The van der Waals surface area contributed by atoms with Crippen LogP contribution in [-0.2, 0) is 0 Å². The maximum atomic E-state index is 5.24. The van der Waals surface area contributed by atoms with E-state index in [2.05, 4.69) is 4.99 Å². The Hall–Kier alpha value is 0. The third-order valence-electron chi connectivity index (χ3n) is 2.35. The number of hydrogen-bond acceptors (Lipinski definition) is 1. The molecule has 2 unspecified atom stereocenters. The van der Waals surface area contributed by atoms with Gasteiger partial charge < -0.3 is 11.5 Å². The van der Waals surface area contributed by atoms with Crippen molar-refractivity contribution < 1.29 is 0 Å². The Morgan fingerprint density at radius 1 is 1.27 bits per heavy atom. The number of nitrogens with zero attached hydrogens (tertiary/aromatic N) is 1. The lowest BCUT2D eigenvalue weighted by Crippen LogP contribution is -2.23. The van der Waals surface area contributed by atoms with E-state index in [1.54, 1.807) is 0 Å². The molecule has 0 bridgehead atoms. The van der Waals surface area contributed by atoms with Crippen LogP contribution in [0.5, 0.6) is 0 Å². The fraction of sp³-hybridized carbons (Fsp3) is 0.857. The average molecular weight is 267 g/mol. The molecule has 0 spiro atoms. The molecule has 0 aliphatic heterocycles. The number of nitrogens with two attached hydrogens (primary N) is 2. The van der Waals surface area contributed by atoms with E-state index in [4.69, 9.17) is 11.5 Å². The smallest absolute Gasteiger partial charge is 0.186 e. The molecule has 0 radical (unpaired) electrons. The Kier molecular flexibility index (Phi) is 2.61. The zero-order valence-electron chi connectivity index (χ0n) is 6.36. The number of rotatable bonds is 2. The molecule has 4 N–H and O–H groups in total. The van der Waals surface area contributed by atoms with Crippen molar-refractivity contribution in [3.63, 3.8) is 0 Å². The van der Waals surface area contributed by atoms with Gasteiger partial charge in [-0.15, -0.1) is 24.0 Å². The quantitative estimate of drug-likeness (QED) is 0.439. The van der Waals surface area contributed by atoms with Gasteiger partial charge in [-0.25, -0.2) is 0 Å². The van der Waals surface area contributed by atoms with Gasteiger partial charge in [0, 0.05) is 0 Å². The summed E-state index contributed by atoms with van der Waals surface area (Å²) in [7, 11) is 0. The van der Waals surface area contributed by atoms with Crippen LogP contribution < -0.4 is 11.5 Å². The number of halogens is 1. The molecule has 2 fully saturated rings. The van der Waals surface area contributed by atoms with Crippen LogP contribution in [0.2, 0.25) is 0 Å². The lowest BCUT2D eigenvalue weighted by Gasteiger charge is -1.90. The van der Waals surface area contributed by atoms with Crippen LogP contribution in [0.15, 0.2) is 4.99 Å². The van der Waals surface area contributed by atoms with Crippen molar-refractivity contribution in [3.8, 4) is 0 Å².